The van der Waals surface area contributed by atoms with Gasteiger partial charge in [0.25, 0.3) is 0 Å². The molecule has 1 heterocycles. The van der Waals surface area contributed by atoms with Crippen molar-refractivity contribution in [2.75, 3.05) is 32.8 Å². The molecule has 4 nitrogen and oxygen atoms in total. The van der Waals surface area contributed by atoms with Crippen molar-refractivity contribution in [2.24, 2.45) is 0 Å². The van der Waals surface area contributed by atoms with E-state index in [2.05, 4.69) is 4.90 Å². The summed E-state index contributed by atoms with van der Waals surface area (Å²) in [6.07, 6.45) is 1.34. The van der Waals surface area contributed by atoms with Gasteiger partial charge in [0.2, 0.25) is 0 Å². The zero-order valence-electron chi connectivity index (χ0n) is 13.1. The minimum atomic E-state index is -0.690. The van der Waals surface area contributed by atoms with Crippen LogP contribution in [0.2, 0.25) is 0 Å². The number of ether oxygens (including phenoxy) is 2. The molecule has 1 aromatic carbocycles. The van der Waals surface area contributed by atoms with Gasteiger partial charge in [0.1, 0.15) is 0 Å². The lowest BCUT2D eigenvalue weighted by Crippen LogP contribution is -2.46. The highest BCUT2D eigenvalue weighted by Crippen LogP contribution is 2.32. The quantitative estimate of drug-likeness (QED) is 0.784. The maximum Gasteiger partial charge on any atom is 0.170 e. The first-order valence-electron chi connectivity index (χ1n) is 7.91. The standard InChI is InChI=1S/C17H27NO3/c1-3-20-16(21-4-2)14-18-12-10-17(19,11-13-18)15-8-6-5-7-9-15/h5-9,16,19H,3-4,10-14H2,1-2H3. The van der Waals surface area contributed by atoms with Gasteiger partial charge in [-0.15, -0.1) is 0 Å². The lowest BCUT2D eigenvalue weighted by Gasteiger charge is -2.39. The van der Waals surface area contributed by atoms with E-state index >= 15 is 0 Å². The fourth-order valence-electron chi connectivity index (χ4n) is 2.88. The fraction of sp³-hybridized carbons (Fsp3) is 0.647. The Kier molecular flexibility index (Phi) is 6.18. The molecule has 0 aliphatic carbocycles. The molecule has 1 fully saturated rings. The van der Waals surface area contributed by atoms with E-state index in [1.165, 1.54) is 0 Å². The molecular formula is C17H27NO3. The number of hydrogen-bond acceptors (Lipinski definition) is 4. The molecule has 0 saturated carbocycles. The third-order valence-electron chi connectivity index (χ3n) is 4.11. The topological polar surface area (TPSA) is 41.9 Å². The van der Waals surface area contributed by atoms with E-state index in [-0.39, 0.29) is 6.29 Å². The highest BCUT2D eigenvalue weighted by atomic mass is 16.7. The average molecular weight is 293 g/mol. The van der Waals surface area contributed by atoms with E-state index in [0.717, 1.165) is 38.0 Å². The predicted molar refractivity (Wildman–Crippen MR) is 83.1 cm³/mol. The first-order valence-corrected chi connectivity index (χ1v) is 7.91. The molecule has 0 radical (unpaired) electrons. The van der Waals surface area contributed by atoms with Crippen LogP contribution in [0.15, 0.2) is 30.3 Å². The summed E-state index contributed by atoms with van der Waals surface area (Å²) >= 11 is 0. The number of hydrogen-bond donors (Lipinski definition) is 1. The van der Waals surface area contributed by atoms with Crippen molar-refractivity contribution in [1.29, 1.82) is 0 Å². The van der Waals surface area contributed by atoms with E-state index in [1.54, 1.807) is 0 Å². The molecule has 118 valence electrons. The van der Waals surface area contributed by atoms with Crippen LogP contribution in [0.4, 0.5) is 0 Å². The van der Waals surface area contributed by atoms with Crippen LogP contribution >= 0.6 is 0 Å². The number of benzene rings is 1. The Labute approximate surface area is 127 Å². The van der Waals surface area contributed by atoms with Gasteiger partial charge in [-0.1, -0.05) is 30.3 Å². The van der Waals surface area contributed by atoms with E-state index in [9.17, 15) is 5.11 Å². The summed E-state index contributed by atoms with van der Waals surface area (Å²) in [6, 6.07) is 9.98. The molecule has 1 N–H and O–H groups in total. The SMILES string of the molecule is CCOC(CN1CCC(O)(c2ccccc2)CC1)OCC. The highest BCUT2D eigenvalue weighted by Gasteiger charge is 2.34. The van der Waals surface area contributed by atoms with Crippen LogP contribution in [0.25, 0.3) is 0 Å². The van der Waals surface area contributed by atoms with Gasteiger partial charge in [-0.3, -0.25) is 4.90 Å². The summed E-state index contributed by atoms with van der Waals surface area (Å²) in [5, 5.41) is 10.8. The first kappa shape index (κ1) is 16.4. The Hall–Kier alpha value is -0.940. The van der Waals surface area contributed by atoms with Crippen molar-refractivity contribution >= 4 is 0 Å². The fourth-order valence-corrected chi connectivity index (χ4v) is 2.88. The Morgan fingerprint density at radius 2 is 1.67 bits per heavy atom. The lowest BCUT2D eigenvalue weighted by atomic mass is 9.84. The molecule has 4 heteroatoms. The second kappa shape index (κ2) is 7.90. The molecule has 0 bridgehead atoms. The smallest absolute Gasteiger partial charge is 0.170 e. The summed E-state index contributed by atoms with van der Waals surface area (Å²) in [7, 11) is 0. The largest absolute Gasteiger partial charge is 0.385 e. The lowest BCUT2D eigenvalue weighted by molar-refractivity contribution is -0.153. The molecule has 1 aromatic rings. The van der Waals surface area contributed by atoms with Gasteiger partial charge in [-0.25, -0.2) is 0 Å². The number of piperidine rings is 1. The molecule has 0 aromatic heterocycles. The maximum atomic E-state index is 10.8. The van der Waals surface area contributed by atoms with E-state index in [4.69, 9.17) is 9.47 Å². The molecule has 0 atom stereocenters. The van der Waals surface area contributed by atoms with Crippen molar-refractivity contribution in [1.82, 2.24) is 4.90 Å². The van der Waals surface area contributed by atoms with Crippen LogP contribution in [-0.4, -0.2) is 49.1 Å². The van der Waals surface area contributed by atoms with Gasteiger partial charge in [-0.05, 0) is 32.3 Å². The average Bonchev–Trinajstić information content (AvgIpc) is 2.51. The molecule has 1 aliphatic rings. The van der Waals surface area contributed by atoms with Gasteiger partial charge < -0.3 is 14.6 Å². The molecule has 2 rings (SSSR count). The summed E-state index contributed by atoms with van der Waals surface area (Å²) in [6.45, 7) is 7.78. The van der Waals surface area contributed by atoms with Crippen LogP contribution in [0.3, 0.4) is 0 Å². The van der Waals surface area contributed by atoms with Crippen LogP contribution in [-0.2, 0) is 15.1 Å². The van der Waals surface area contributed by atoms with Gasteiger partial charge in [-0.2, -0.15) is 0 Å². The van der Waals surface area contributed by atoms with E-state index in [1.807, 2.05) is 44.2 Å². The van der Waals surface area contributed by atoms with E-state index in [0.29, 0.717) is 13.2 Å². The van der Waals surface area contributed by atoms with Crippen molar-refractivity contribution in [2.45, 2.75) is 38.6 Å². The number of rotatable bonds is 7. The monoisotopic (exact) mass is 293 g/mol. The second-order valence-corrected chi connectivity index (χ2v) is 5.54. The minimum absolute atomic E-state index is 0.164. The zero-order valence-corrected chi connectivity index (χ0v) is 13.1. The summed E-state index contributed by atoms with van der Waals surface area (Å²) in [5.74, 6) is 0. The van der Waals surface area contributed by atoms with Crippen molar-refractivity contribution in [3.8, 4) is 0 Å². The third-order valence-corrected chi connectivity index (χ3v) is 4.11. The zero-order chi connectivity index (χ0) is 15.1. The molecular weight excluding hydrogens is 266 g/mol. The van der Waals surface area contributed by atoms with Crippen molar-refractivity contribution < 1.29 is 14.6 Å². The summed E-state index contributed by atoms with van der Waals surface area (Å²) in [4.78, 5) is 2.31. The van der Waals surface area contributed by atoms with Crippen LogP contribution < -0.4 is 0 Å². The van der Waals surface area contributed by atoms with Crippen molar-refractivity contribution in [3.05, 3.63) is 35.9 Å². The normalized spacial score (nSPS) is 19.0. The van der Waals surface area contributed by atoms with Crippen LogP contribution in [0, 0.1) is 0 Å². The Bertz CT molecular complexity index is 396. The highest BCUT2D eigenvalue weighted by molar-refractivity contribution is 5.22. The molecule has 1 saturated heterocycles. The summed E-state index contributed by atoms with van der Waals surface area (Å²) < 4.78 is 11.2. The second-order valence-electron chi connectivity index (χ2n) is 5.54. The van der Waals surface area contributed by atoms with Crippen LogP contribution in [0.1, 0.15) is 32.3 Å². The van der Waals surface area contributed by atoms with Gasteiger partial charge in [0.15, 0.2) is 6.29 Å². The third kappa shape index (κ3) is 4.51. The van der Waals surface area contributed by atoms with Crippen molar-refractivity contribution in [3.63, 3.8) is 0 Å². The molecule has 0 unspecified atom stereocenters. The van der Waals surface area contributed by atoms with Crippen LogP contribution in [0.5, 0.6) is 0 Å². The van der Waals surface area contributed by atoms with Gasteiger partial charge >= 0.3 is 0 Å². The number of nitrogens with zero attached hydrogens (tertiary/aromatic N) is 1. The Morgan fingerprint density at radius 3 is 2.19 bits per heavy atom. The minimum Gasteiger partial charge on any atom is -0.385 e. The van der Waals surface area contributed by atoms with Gasteiger partial charge in [0, 0.05) is 32.8 Å². The molecule has 21 heavy (non-hydrogen) atoms. The van der Waals surface area contributed by atoms with Gasteiger partial charge in [0.05, 0.1) is 5.60 Å². The number of aliphatic hydroxyl groups is 1. The first-order chi connectivity index (χ1) is 10.2. The Balaban J connectivity index is 1.87. The Morgan fingerprint density at radius 1 is 1.10 bits per heavy atom. The number of likely N-dealkylation sites (tertiary alicyclic amines) is 1. The summed E-state index contributed by atoms with van der Waals surface area (Å²) in [5.41, 5.74) is 0.334. The predicted octanol–water partition coefficient (Wildman–Crippen LogP) is 2.37. The van der Waals surface area contributed by atoms with E-state index < -0.39 is 5.60 Å². The molecule has 0 spiro atoms. The maximum absolute atomic E-state index is 10.8. The molecule has 0 amide bonds. The molecule has 1 aliphatic heterocycles.